The van der Waals surface area contributed by atoms with Crippen LogP contribution in [0, 0.1) is 5.82 Å². The Labute approximate surface area is 145 Å². The Morgan fingerprint density at radius 2 is 2.00 bits per heavy atom. The van der Waals surface area contributed by atoms with Crippen LogP contribution in [0.5, 0.6) is 0 Å². The second-order valence-electron chi connectivity index (χ2n) is 7.11. The Morgan fingerprint density at radius 1 is 1.32 bits per heavy atom. The lowest BCUT2D eigenvalue weighted by atomic mass is 9.93. The van der Waals surface area contributed by atoms with Gasteiger partial charge >= 0.3 is 0 Å². The Bertz CT molecular complexity index is 793. The number of halogens is 1. The van der Waals surface area contributed by atoms with Crippen molar-refractivity contribution in [3.8, 4) is 0 Å². The van der Waals surface area contributed by atoms with E-state index in [2.05, 4.69) is 10.5 Å². The number of anilines is 2. The van der Waals surface area contributed by atoms with E-state index in [0.29, 0.717) is 23.7 Å². The van der Waals surface area contributed by atoms with E-state index in [9.17, 15) is 14.0 Å². The van der Waals surface area contributed by atoms with Gasteiger partial charge in [0, 0.05) is 23.6 Å². The first-order valence-corrected chi connectivity index (χ1v) is 8.11. The number of aromatic nitrogens is 1. The molecule has 0 bridgehead atoms. The lowest BCUT2D eigenvalue weighted by molar-refractivity contribution is -0.120. The molecule has 6 nitrogen and oxygen atoms in total. The quantitative estimate of drug-likeness (QED) is 0.926. The Balaban J connectivity index is 1.77. The molecule has 2 heterocycles. The molecule has 3 rings (SSSR count). The highest BCUT2D eigenvalue weighted by atomic mass is 19.1. The monoisotopic (exact) mass is 345 g/mol. The minimum Gasteiger partial charge on any atom is -0.359 e. The van der Waals surface area contributed by atoms with Crippen molar-refractivity contribution in [1.82, 2.24) is 5.16 Å². The van der Waals surface area contributed by atoms with E-state index in [1.165, 1.54) is 29.2 Å². The standard InChI is InChI=1S/C18H20FN3O3/c1-18(2,3)14-10-15(21-25-14)20-17(24)13-8-9-16(23)22(13)12-6-4-11(19)5-7-12/h4-7,10,13H,8-9H2,1-3H3,(H,20,21,24)/t13-/m0/s1. The van der Waals surface area contributed by atoms with Crippen LogP contribution in [0.4, 0.5) is 15.9 Å². The van der Waals surface area contributed by atoms with Crippen molar-refractivity contribution >= 4 is 23.3 Å². The normalized spacial score (nSPS) is 17.8. The van der Waals surface area contributed by atoms with Crippen molar-refractivity contribution in [3.05, 3.63) is 41.9 Å². The molecule has 0 saturated carbocycles. The minimum absolute atomic E-state index is 0.165. The average molecular weight is 345 g/mol. The van der Waals surface area contributed by atoms with Crippen LogP contribution in [0.1, 0.15) is 39.4 Å². The number of nitrogens with zero attached hydrogens (tertiary/aromatic N) is 2. The SMILES string of the molecule is CC(C)(C)c1cc(NC(=O)[C@@H]2CCC(=O)N2c2ccc(F)cc2)no1. The number of amides is 2. The minimum atomic E-state index is -0.659. The molecule has 2 aromatic rings. The van der Waals surface area contributed by atoms with E-state index in [-0.39, 0.29) is 23.7 Å². The van der Waals surface area contributed by atoms with E-state index in [4.69, 9.17) is 4.52 Å². The molecule has 0 radical (unpaired) electrons. The van der Waals surface area contributed by atoms with Crippen LogP contribution in [-0.4, -0.2) is 23.0 Å². The molecule has 7 heteroatoms. The van der Waals surface area contributed by atoms with Crippen molar-refractivity contribution in [1.29, 1.82) is 0 Å². The fourth-order valence-electron chi connectivity index (χ4n) is 2.75. The van der Waals surface area contributed by atoms with E-state index < -0.39 is 11.9 Å². The summed E-state index contributed by atoms with van der Waals surface area (Å²) in [6.07, 6.45) is 0.660. The van der Waals surface area contributed by atoms with Gasteiger partial charge in [0.1, 0.15) is 17.6 Å². The number of carbonyl (C=O) groups excluding carboxylic acids is 2. The number of hydrogen-bond donors (Lipinski definition) is 1. The summed E-state index contributed by atoms with van der Waals surface area (Å²) >= 11 is 0. The first-order valence-electron chi connectivity index (χ1n) is 8.11. The fraction of sp³-hybridized carbons (Fsp3) is 0.389. The molecule has 132 valence electrons. The van der Waals surface area contributed by atoms with Crippen LogP contribution >= 0.6 is 0 Å². The summed E-state index contributed by atoms with van der Waals surface area (Å²) in [4.78, 5) is 26.2. The predicted octanol–water partition coefficient (Wildman–Crippen LogP) is 3.25. The van der Waals surface area contributed by atoms with Crippen molar-refractivity contribution in [2.45, 2.75) is 45.1 Å². The number of nitrogens with one attached hydrogen (secondary N) is 1. The zero-order valence-corrected chi connectivity index (χ0v) is 14.4. The number of carbonyl (C=O) groups is 2. The topological polar surface area (TPSA) is 75.4 Å². The maximum Gasteiger partial charge on any atom is 0.248 e. The van der Waals surface area contributed by atoms with Crippen LogP contribution in [0.15, 0.2) is 34.9 Å². The van der Waals surface area contributed by atoms with Gasteiger partial charge in [-0.1, -0.05) is 25.9 Å². The zero-order valence-electron chi connectivity index (χ0n) is 14.4. The largest absolute Gasteiger partial charge is 0.359 e. The third kappa shape index (κ3) is 3.55. The lowest BCUT2D eigenvalue weighted by Gasteiger charge is -2.23. The molecule has 0 spiro atoms. The summed E-state index contributed by atoms with van der Waals surface area (Å²) in [7, 11) is 0. The first-order chi connectivity index (χ1) is 11.8. The van der Waals surface area contributed by atoms with Gasteiger partial charge in [-0.05, 0) is 30.7 Å². The average Bonchev–Trinajstić information content (AvgIpc) is 3.15. The summed E-state index contributed by atoms with van der Waals surface area (Å²) < 4.78 is 18.4. The molecule has 0 unspecified atom stereocenters. The highest BCUT2D eigenvalue weighted by Crippen LogP contribution is 2.28. The van der Waals surface area contributed by atoms with Crippen LogP contribution < -0.4 is 10.2 Å². The molecule has 1 aromatic heterocycles. The van der Waals surface area contributed by atoms with Crippen LogP contribution in [0.25, 0.3) is 0 Å². The van der Waals surface area contributed by atoms with Gasteiger partial charge in [-0.2, -0.15) is 0 Å². The molecule has 1 aromatic carbocycles. The van der Waals surface area contributed by atoms with Gasteiger partial charge in [-0.3, -0.25) is 14.5 Å². The van der Waals surface area contributed by atoms with Crippen molar-refractivity contribution in [2.24, 2.45) is 0 Å². The van der Waals surface area contributed by atoms with Gasteiger partial charge in [0.25, 0.3) is 0 Å². The molecule has 1 N–H and O–H groups in total. The summed E-state index contributed by atoms with van der Waals surface area (Å²) in [5.41, 5.74) is 0.277. The molecule has 1 aliphatic heterocycles. The van der Waals surface area contributed by atoms with Crippen LogP contribution in [-0.2, 0) is 15.0 Å². The lowest BCUT2D eigenvalue weighted by Crippen LogP contribution is -2.41. The number of rotatable bonds is 3. The molecule has 0 aliphatic carbocycles. The van der Waals surface area contributed by atoms with E-state index in [1.807, 2.05) is 20.8 Å². The van der Waals surface area contributed by atoms with Crippen molar-refractivity contribution < 1.29 is 18.5 Å². The maximum absolute atomic E-state index is 13.1. The van der Waals surface area contributed by atoms with Gasteiger partial charge in [-0.15, -0.1) is 0 Å². The Hall–Kier alpha value is -2.70. The molecule has 1 fully saturated rings. The summed E-state index contributed by atoms with van der Waals surface area (Å²) in [6, 6.07) is 6.54. The van der Waals surface area contributed by atoms with E-state index in [0.717, 1.165) is 0 Å². The van der Waals surface area contributed by atoms with Crippen LogP contribution in [0.3, 0.4) is 0 Å². The molecule has 25 heavy (non-hydrogen) atoms. The van der Waals surface area contributed by atoms with E-state index in [1.54, 1.807) is 6.07 Å². The van der Waals surface area contributed by atoms with Gasteiger partial charge in [0.2, 0.25) is 11.8 Å². The molecule has 2 amide bonds. The maximum atomic E-state index is 13.1. The smallest absolute Gasteiger partial charge is 0.248 e. The van der Waals surface area contributed by atoms with Gasteiger partial charge < -0.3 is 9.84 Å². The first kappa shape index (κ1) is 17.1. The summed E-state index contributed by atoms with van der Waals surface area (Å²) in [6.45, 7) is 5.93. The molecule has 1 aliphatic rings. The molecular weight excluding hydrogens is 325 g/mol. The summed E-state index contributed by atoms with van der Waals surface area (Å²) in [5, 5.41) is 6.56. The third-order valence-electron chi connectivity index (χ3n) is 4.12. The predicted molar refractivity (Wildman–Crippen MR) is 90.7 cm³/mol. The molecule has 1 saturated heterocycles. The van der Waals surface area contributed by atoms with Crippen LogP contribution in [0.2, 0.25) is 0 Å². The van der Waals surface area contributed by atoms with Crippen molar-refractivity contribution in [2.75, 3.05) is 10.2 Å². The molecule has 1 atom stereocenters. The fourth-order valence-corrected chi connectivity index (χ4v) is 2.75. The molecular formula is C18H20FN3O3. The number of hydrogen-bond acceptors (Lipinski definition) is 4. The second kappa shape index (κ2) is 6.31. The number of benzene rings is 1. The van der Waals surface area contributed by atoms with Crippen molar-refractivity contribution in [3.63, 3.8) is 0 Å². The third-order valence-corrected chi connectivity index (χ3v) is 4.12. The Kier molecular flexibility index (Phi) is 4.32. The zero-order chi connectivity index (χ0) is 18.2. The Morgan fingerprint density at radius 3 is 2.60 bits per heavy atom. The van der Waals surface area contributed by atoms with E-state index >= 15 is 0 Å². The highest BCUT2D eigenvalue weighted by Gasteiger charge is 2.37. The van der Waals surface area contributed by atoms with Gasteiger partial charge in [-0.25, -0.2) is 4.39 Å². The van der Waals surface area contributed by atoms with Gasteiger partial charge in [0.15, 0.2) is 5.82 Å². The summed E-state index contributed by atoms with van der Waals surface area (Å²) in [5.74, 6) is 0.0638. The second-order valence-corrected chi connectivity index (χ2v) is 7.11. The van der Waals surface area contributed by atoms with Gasteiger partial charge in [0.05, 0.1) is 0 Å². The highest BCUT2D eigenvalue weighted by molar-refractivity contribution is 6.07.